The molecule has 1 rings (SSSR count). The molecule has 1 atom stereocenters. The number of rotatable bonds is 5. The molecule has 3 nitrogen and oxygen atoms in total. The molecule has 0 amide bonds. The van der Waals surface area contributed by atoms with Crippen LogP contribution in [-0.4, -0.2) is 11.7 Å². The van der Waals surface area contributed by atoms with E-state index in [2.05, 4.69) is 0 Å². The first kappa shape index (κ1) is 15.2. The summed E-state index contributed by atoms with van der Waals surface area (Å²) in [6.45, 7) is 0.630. The molecule has 1 aromatic rings. The van der Waals surface area contributed by atoms with Crippen LogP contribution in [-0.2, 0) is 0 Å². The molecular formula is C11H18ClFN2O. The van der Waals surface area contributed by atoms with E-state index in [1.165, 1.54) is 12.1 Å². The molecule has 92 valence electrons. The number of nitrogens with two attached hydrogens (primary N) is 2. The van der Waals surface area contributed by atoms with Crippen LogP contribution < -0.4 is 11.5 Å². The van der Waals surface area contributed by atoms with Crippen molar-refractivity contribution in [2.45, 2.75) is 25.3 Å². The van der Waals surface area contributed by atoms with Crippen LogP contribution >= 0.6 is 12.4 Å². The smallest absolute Gasteiger partial charge is 0.131 e. The van der Waals surface area contributed by atoms with Gasteiger partial charge in [-0.25, -0.2) is 4.39 Å². The third kappa shape index (κ3) is 4.35. The summed E-state index contributed by atoms with van der Waals surface area (Å²) in [5, 5.41) is 9.04. The van der Waals surface area contributed by atoms with Gasteiger partial charge in [0.25, 0.3) is 0 Å². The van der Waals surface area contributed by atoms with Gasteiger partial charge in [0.1, 0.15) is 11.6 Å². The lowest BCUT2D eigenvalue weighted by molar-refractivity contribution is 0.465. The molecule has 1 aromatic carbocycles. The van der Waals surface area contributed by atoms with E-state index in [1.54, 1.807) is 0 Å². The van der Waals surface area contributed by atoms with Gasteiger partial charge in [0, 0.05) is 17.7 Å². The Balaban J connectivity index is 0.00000225. The van der Waals surface area contributed by atoms with Crippen molar-refractivity contribution in [2.75, 3.05) is 6.54 Å². The van der Waals surface area contributed by atoms with E-state index in [0.29, 0.717) is 18.5 Å². The van der Waals surface area contributed by atoms with Gasteiger partial charge in [0.05, 0.1) is 0 Å². The molecule has 0 spiro atoms. The van der Waals surface area contributed by atoms with Gasteiger partial charge >= 0.3 is 0 Å². The van der Waals surface area contributed by atoms with Crippen molar-refractivity contribution in [1.29, 1.82) is 0 Å². The molecule has 0 aromatic heterocycles. The second-order valence-corrected chi connectivity index (χ2v) is 3.60. The number of unbranched alkanes of at least 4 members (excludes halogenated alkanes) is 1. The van der Waals surface area contributed by atoms with Crippen molar-refractivity contribution >= 4 is 12.4 Å². The summed E-state index contributed by atoms with van der Waals surface area (Å²) < 4.78 is 13.3. The Kier molecular flexibility index (Phi) is 7.05. The highest BCUT2D eigenvalue weighted by Crippen LogP contribution is 2.22. The van der Waals surface area contributed by atoms with Gasteiger partial charge in [-0.2, -0.15) is 0 Å². The van der Waals surface area contributed by atoms with Crippen molar-refractivity contribution in [3.05, 3.63) is 29.6 Å². The molecule has 0 unspecified atom stereocenters. The van der Waals surface area contributed by atoms with Crippen molar-refractivity contribution in [1.82, 2.24) is 0 Å². The minimum atomic E-state index is -0.449. The normalized spacial score (nSPS) is 11.9. The van der Waals surface area contributed by atoms with Crippen LogP contribution in [0.2, 0.25) is 0 Å². The molecule has 16 heavy (non-hydrogen) atoms. The van der Waals surface area contributed by atoms with Gasteiger partial charge in [-0.05, 0) is 25.5 Å². The summed E-state index contributed by atoms with van der Waals surface area (Å²) in [4.78, 5) is 0. The lowest BCUT2D eigenvalue weighted by Gasteiger charge is -2.12. The molecule has 0 aliphatic rings. The zero-order valence-electron chi connectivity index (χ0n) is 9.03. The minimum Gasteiger partial charge on any atom is -0.508 e. The zero-order chi connectivity index (χ0) is 11.3. The summed E-state index contributed by atoms with van der Waals surface area (Å²) >= 11 is 0. The topological polar surface area (TPSA) is 72.3 Å². The first-order valence-corrected chi connectivity index (χ1v) is 5.09. The quantitative estimate of drug-likeness (QED) is 0.699. The van der Waals surface area contributed by atoms with Crippen molar-refractivity contribution in [3.8, 4) is 5.75 Å². The Hall–Kier alpha value is -0.840. The second-order valence-electron chi connectivity index (χ2n) is 3.60. The third-order valence-corrected chi connectivity index (χ3v) is 2.35. The lowest BCUT2D eigenvalue weighted by atomic mass is 10.0. The maximum absolute atomic E-state index is 13.3. The molecule has 0 fully saturated rings. The first-order chi connectivity index (χ1) is 7.15. The van der Waals surface area contributed by atoms with Crippen LogP contribution in [0, 0.1) is 5.82 Å². The summed E-state index contributed by atoms with van der Waals surface area (Å²) in [7, 11) is 0. The minimum absolute atomic E-state index is 0. The van der Waals surface area contributed by atoms with Crippen molar-refractivity contribution in [3.63, 3.8) is 0 Å². The average Bonchev–Trinajstić information content (AvgIpc) is 2.17. The predicted octanol–water partition coefficient (Wildman–Crippen LogP) is 2.08. The Morgan fingerprint density at radius 2 is 2.00 bits per heavy atom. The monoisotopic (exact) mass is 248 g/mol. The van der Waals surface area contributed by atoms with Crippen LogP contribution in [0.4, 0.5) is 4.39 Å². The number of aromatic hydroxyl groups is 1. The maximum atomic E-state index is 13.3. The van der Waals surface area contributed by atoms with Crippen LogP contribution in [0.15, 0.2) is 18.2 Å². The highest BCUT2D eigenvalue weighted by atomic mass is 35.5. The van der Waals surface area contributed by atoms with E-state index in [-0.39, 0.29) is 24.2 Å². The first-order valence-electron chi connectivity index (χ1n) is 5.09. The summed E-state index contributed by atoms with van der Waals surface area (Å²) in [5.74, 6) is -0.527. The van der Waals surface area contributed by atoms with Crippen LogP contribution in [0.1, 0.15) is 30.9 Å². The molecule has 0 radical (unpaired) electrons. The van der Waals surface area contributed by atoms with E-state index in [1.807, 2.05) is 0 Å². The number of phenolic OH excluding ortho intramolecular Hbond substituents is 1. The van der Waals surface area contributed by atoms with Gasteiger partial charge < -0.3 is 16.6 Å². The number of hydrogen-bond donors (Lipinski definition) is 3. The molecule has 0 aliphatic heterocycles. The van der Waals surface area contributed by atoms with Gasteiger partial charge in [-0.15, -0.1) is 12.4 Å². The van der Waals surface area contributed by atoms with Gasteiger partial charge in [0.2, 0.25) is 0 Å². The summed E-state index contributed by atoms with van der Waals surface area (Å²) in [5.41, 5.74) is 11.6. The molecule has 0 saturated carbocycles. The summed E-state index contributed by atoms with van der Waals surface area (Å²) in [6, 6.07) is 3.73. The van der Waals surface area contributed by atoms with Gasteiger partial charge in [-0.3, -0.25) is 0 Å². The van der Waals surface area contributed by atoms with Crippen LogP contribution in [0.3, 0.4) is 0 Å². The SMILES string of the molecule is Cl.NCCCC[C@H](N)c1ccc(O)cc1F. The fraction of sp³-hybridized carbons (Fsp3) is 0.455. The lowest BCUT2D eigenvalue weighted by Crippen LogP contribution is -2.12. The van der Waals surface area contributed by atoms with E-state index < -0.39 is 5.82 Å². The number of hydrogen-bond acceptors (Lipinski definition) is 3. The molecule has 5 N–H and O–H groups in total. The van der Waals surface area contributed by atoms with E-state index in [4.69, 9.17) is 16.6 Å². The van der Waals surface area contributed by atoms with E-state index >= 15 is 0 Å². The predicted molar refractivity (Wildman–Crippen MR) is 65.1 cm³/mol. The molecule has 0 bridgehead atoms. The third-order valence-electron chi connectivity index (χ3n) is 2.35. The fourth-order valence-corrected chi connectivity index (χ4v) is 1.48. The summed E-state index contributed by atoms with van der Waals surface area (Å²) in [6.07, 6.45) is 2.49. The fourth-order valence-electron chi connectivity index (χ4n) is 1.48. The van der Waals surface area contributed by atoms with Crippen LogP contribution in [0.25, 0.3) is 0 Å². The Labute approximate surface area is 101 Å². The molecular weight excluding hydrogens is 231 g/mol. The Morgan fingerprint density at radius 1 is 1.31 bits per heavy atom. The molecule has 5 heteroatoms. The molecule has 0 saturated heterocycles. The van der Waals surface area contributed by atoms with Gasteiger partial charge in [0.15, 0.2) is 0 Å². The molecule has 0 heterocycles. The highest BCUT2D eigenvalue weighted by Gasteiger charge is 2.11. The Bertz CT molecular complexity index is 323. The molecule has 0 aliphatic carbocycles. The largest absolute Gasteiger partial charge is 0.508 e. The Morgan fingerprint density at radius 3 is 2.56 bits per heavy atom. The standard InChI is InChI=1S/C11H17FN2O.ClH/c12-10-7-8(15)4-5-9(10)11(14)3-1-2-6-13;/h4-5,7,11,15H,1-3,6,13-14H2;1H/t11-;/m0./s1. The zero-order valence-corrected chi connectivity index (χ0v) is 9.84. The van der Waals surface area contributed by atoms with E-state index in [0.717, 1.165) is 18.9 Å². The average molecular weight is 249 g/mol. The highest BCUT2D eigenvalue weighted by molar-refractivity contribution is 5.85. The number of halogens is 2. The van der Waals surface area contributed by atoms with Crippen LogP contribution in [0.5, 0.6) is 5.75 Å². The van der Waals surface area contributed by atoms with Crippen molar-refractivity contribution < 1.29 is 9.50 Å². The van der Waals surface area contributed by atoms with Gasteiger partial charge in [-0.1, -0.05) is 12.5 Å². The second kappa shape index (κ2) is 7.44. The van der Waals surface area contributed by atoms with Crippen molar-refractivity contribution in [2.24, 2.45) is 11.5 Å². The number of phenols is 1. The maximum Gasteiger partial charge on any atom is 0.131 e. The number of benzene rings is 1. The van der Waals surface area contributed by atoms with E-state index in [9.17, 15) is 4.39 Å².